The summed E-state index contributed by atoms with van der Waals surface area (Å²) in [5, 5.41) is 3.10. The summed E-state index contributed by atoms with van der Waals surface area (Å²) in [7, 11) is 0. The Bertz CT molecular complexity index is 884. The van der Waals surface area contributed by atoms with E-state index in [-0.39, 0.29) is 18.1 Å². The average molecular weight is 369 g/mol. The summed E-state index contributed by atoms with van der Waals surface area (Å²) >= 11 is 1.53. The number of rotatable bonds is 5. The number of aromatic nitrogens is 2. The molecule has 3 aromatic rings. The second-order valence-electron chi connectivity index (χ2n) is 6.15. The number of hydrogen-bond donors (Lipinski definition) is 1. The van der Waals surface area contributed by atoms with Gasteiger partial charge >= 0.3 is 0 Å². The Hall–Kier alpha value is -2.35. The Morgan fingerprint density at radius 2 is 2.27 bits per heavy atom. The lowest BCUT2D eigenvalue weighted by Crippen LogP contribution is -2.49. The smallest absolute Gasteiger partial charge is 0.251 e. The minimum atomic E-state index is -0.193. The van der Waals surface area contributed by atoms with Gasteiger partial charge in [-0.15, -0.1) is 11.3 Å². The SMILES string of the molecule is O=C(N[C@@H]1CCOC[C@H]1OCc1ccccn1)c1ccc2ncsc2c1. The third-order valence-electron chi connectivity index (χ3n) is 4.39. The van der Waals surface area contributed by atoms with E-state index in [1.165, 1.54) is 11.3 Å². The number of hydrogen-bond acceptors (Lipinski definition) is 6. The number of benzene rings is 1. The highest BCUT2D eigenvalue weighted by molar-refractivity contribution is 7.16. The molecule has 3 heterocycles. The van der Waals surface area contributed by atoms with Crippen molar-refractivity contribution in [3.63, 3.8) is 0 Å². The zero-order valence-corrected chi connectivity index (χ0v) is 14.9. The molecule has 0 radical (unpaired) electrons. The van der Waals surface area contributed by atoms with Gasteiger partial charge in [0.1, 0.15) is 6.10 Å². The van der Waals surface area contributed by atoms with Crippen molar-refractivity contribution < 1.29 is 14.3 Å². The van der Waals surface area contributed by atoms with E-state index in [1.54, 1.807) is 17.8 Å². The molecule has 2 aromatic heterocycles. The van der Waals surface area contributed by atoms with Gasteiger partial charge in [0.25, 0.3) is 5.91 Å². The van der Waals surface area contributed by atoms with Crippen molar-refractivity contribution in [3.8, 4) is 0 Å². The standard InChI is InChI=1S/C19H19N3O3S/c23-19(13-4-5-16-18(9-13)26-12-21-16)22-15-6-8-24-11-17(15)25-10-14-3-1-2-7-20-14/h1-5,7,9,12,15,17H,6,8,10-11H2,(H,22,23)/t15-,17-/m1/s1. The molecule has 134 valence electrons. The average Bonchev–Trinajstić information content (AvgIpc) is 3.16. The van der Waals surface area contributed by atoms with Gasteiger partial charge in [-0.25, -0.2) is 4.98 Å². The largest absolute Gasteiger partial charge is 0.379 e. The lowest BCUT2D eigenvalue weighted by atomic mass is 10.0. The summed E-state index contributed by atoms with van der Waals surface area (Å²) < 4.78 is 12.5. The third kappa shape index (κ3) is 3.90. The van der Waals surface area contributed by atoms with Crippen LogP contribution in [-0.4, -0.2) is 41.2 Å². The fraction of sp³-hybridized carbons (Fsp3) is 0.316. The molecule has 1 aliphatic heterocycles. The van der Waals surface area contributed by atoms with Crippen LogP contribution in [0.2, 0.25) is 0 Å². The summed E-state index contributed by atoms with van der Waals surface area (Å²) in [5.41, 5.74) is 4.19. The van der Waals surface area contributed by atoms with Gasteiger partial charge in [0.15, 0.2) is 0 Å². The summed E-state index contributed by atoms with van der Waals surface area (Å²) in [4.78, 5) is 21.2. The van der Waals surface area contributed by atoms with Crippen molar-refractivity contribution >= 4 is 27.5 Å². The molecule has 2 atom stereocenters. The number of ether oxygens (including phenoxy) is 2. The van der Waals surface area contributed by atoms with E-state index >= 15 is 0 Å². The molecule has 1 aliphatic rings. The number of nitrogens with zero attached hydrogens (tertiary/aromatic N) is 2. The molecule has 7 heteroatoms. The minimum Gasteiger partial charge on any atom is -0.379 e. The molecule has 0 spiro atoms. The van der Waals surface area contributed by atoms with Crippen molar-refractivity contribution in [1.82, 2.24) is 15.3 Å². The fourth-order valence-corrected chi connectivity index (χ4v) is 3.68. The van der Waals surface area contributed by atoms with E-state index in [2.05, 4.69) is 15.3 Å². The molecule has 0 saturated carbocycles. The highest BCUT2D eigenvalue weighted by Gasteiger charge is 2.28. The number of amides is 1. The van der Waals surface area contributed by atoms with Gasteiger partial charge in [-0.2, -0.15) is 0 Å². The predicted molar refractivity (Wildman–Crippen MR) is 99.1 cm³/mol. The normalized spacial score (nSPS) is 20.2. The Balaban J connectivity index is 1.41. The van der Waals surface area contributed by atoms with Crippen LogP contribution in [0.25, 0.3) is 10.2 Å². The van der Waals surface area contributed by atoms with Crippen LogP contribution >= 0.6 is 11.3 Å². The Kier molecular flexibility index (Phi) is 5.19. The monoisotopic (exact) mass is 369 g/mol. The first kappa shape index (κ1) is 17.1. The number of carbonyl (C=O) groups is 1. The van der Waals surface area contributed by atoms with Crippen molar-refractivity contribution in [2.45, 2.75) is 25.2 Å². The van der Waals surface area contributed by atoms with Crippen LogP contribution < -0.4 is 5.32 Å². The molecule has 26 heavy (non-hydrogen) atoms. The van der Waals surface area contributed by atoms with Gasteiger partial charge < -0.3 is 14.8 Å². The van der Waals surface area contributed by atoms with Crippen LogP contribution in [0.1, 0.15) is 22.5 Å². The highest BCUT2D eigenvalue weighted by Crippen LogP contribution is 2.20. The quantitative estimate of drug-likeness (QED) is 0.749. The van der Waals surface area contributed by atoms with Crippen molar-refractivity contribution in [2.24, 2.45) is 0 Å². The Morgan fingerprint density at radius 1 is 1.31 bits per heavy atom. The van der Waals surface area contributed by atoms with Crippen molar-refractivity contribution in [2.75, 3.05) is 13.2 Å². The highest BCUT2D eigenvalue weighted by atomic mass is 32.1. The molecule has 0 unspecified atom stereocenters. The lowest BCUT2D eigenvalue weighted by Gasteiger charge is -2.32. The predicted octanol–water partition coefficient (Wildman–Crippen LogP) is 2.80. The number of pyridine rings is 1. The number of fused-ring (bicyclic) bond motifs is 1. The molecule has 1 N–H and O–H groups in total. The summed E-state index contributed by atoms with van der Waals surface area (Å²) in [5.74, 6) is -0.0985. The van der Waals surface area contributed by atoms with Gasteiger partial charge in [-0.3, -0.25) is 9.78 Å². The molecule has 4 rings (SSSR count). The first-order valence-corrected chi connectivity index (χ1v) is 9.41. The van der Waals surface area contributed by atoms with Crippen LogP contribution in [0.15, 0.2) is 48.1 Å². The fourth-order valence-electron chi connectivity index (χ4n) is 2.97. The molecule has 1 fully saturated rings. The molecule has 0 aliphatic carbocycles. The van der Waals surface area contributed by atoms with E-state index in [9.17, 15) is 4.79 Å². The lowest BCUT2D eigenvalue weighted by molar-refractivity contribution is -0.0743. The van der Waals surface area contributed by atoms with Gasteiger partial charge in [0, 0.05) is 18.4 Å². The van der Waals surface area contributed by atoms with Crippen molar-refractivity contribution in [1.29, 1.82) is 0 Å². The first-order chi connectivity index (χ1) is 12.8. The van der Waals surface area contributed by atoms with Gasteiger partial charge in [-0.1, -0.05) is 6.07 Å². The summed E-state index contributed by atoms with van der Waals surface area (Å²) in [6.07, 6.45) is 2.27. The number of carbonyl (C=O) groups excluding carboxylic acids is 1. The number of thiazole rings is 1. The topological polar surface area (TPSA) is 73.3 Å². The maximum Gasteiger partial charge on any atom is 0.251 e. The number of nitrogens with one attached hydrogen (secondary N) is 1. The van der Waals surface area contributed by atoms with E-state index in [0.29, 0.717) is 25.4 Å². The maximum atomic E-state index is 12.7. The summed E-state index contributed by atoms with van der Waals surface area (Å²) in [6.45, 7) is 1.47. The van der Waals surface area contributed by atoms with Gasteiger partial charge in [0.05, 0.1) is 40.7 Å². The van der Waals surface area contributed by atoms with Crippen LogP contribution in [0, 0.1) is 0 Å². The third-order valence-corrected chi connectivity index (χ3v) is 5.18. The molecule has 0 bridgehead atoms. The van der Waals surface area contributed by atoms with Crippen molar-refractivity contribution in [3.05, 3.63) is 59.4 Å². The Labute approximate surface area is 155 Å². The zero-order chi connectivity index (χ0) is 17.8. The second kappa shape index (κ2) is 7.90. The minimum absolute atomic E-state index is 0.0860. The van der Waals surface area contributed by atoms with E-state index < -0.39 is 0 Å². The molecular formula is C19H19N3O3S. The van der Waals surface area contributed by atoms with Crippen LogP contribution in [0.5, 0.6) is 0 Å². The first-order valence-electron chi connectivity index (χ1n) is 8.53. The van der Waals surface area contributed by atoms with Crippen LogP contribution in [-0.2, 0) is 16.1 Å². The summed E-state index contributed by atoms with van der Waals surface area (Å²) in [6, 6.07) is 11.2. The molecule has 1 aromatic carbocycles. The van der Waals surface area contributed by atoms with Gasteiger partial charge in [-0.05, 0) is 36.8 Å². The molecule has 6 nitrogen and oxygen atoms in total. The second-order valence-corrected chi connectivity index (χ2v) is 7.04. The van der Waals surface area contributed by atoms with Gasteiger partial charge in [0.2, 0.25) is 0 Å². The molecule has 1 saturated heterocycles. The molecular weight excluding hydrogens is 350 g/mol. The van der Waals surface area contributed by atoms with E-state index in [0.717, 1.165) is 22.3 Å². The van der Waals surface area contributed by atoms with Crippen LogP contribution in [0.3, 0.4) is 0 Å². The zero-order valence-electron chi connectivity index (χ0n) is 14.1. The van der Waals surface area contributed by atoms with Crippen LogP contribution in [0.4, 0.5) is 0 Å². The van der Waals surface area contributed by atoms with E-state index in [1.807, 2.05) is 30.3 Å². The molecule has 1 amide bonds. The Morgan fingerprint density at radius 3 is 3.15 bits per heavy atom. The van der Waals surface area contributed by atoms with E-state index in [4.69, 9.17) is 9.47 Å². The maximum absolute atomic E-state index is 12.7.